The molecule has 0 radical (unpaired) electrons. The molecule has 35 heavy (non-hydrogen) atoms. The summed E-state index contributed by atoms with van der Waals surface area (Å²) < 4.78 is 27.8. The van der Waals surface area contributed by atoms with Crippen molar-refractivity contribution in [1.82, 2.24) is 15.1 Å². The van der Waals surface area contributed by atoms with Gasteiger partial charge in [-0.05, 0) is 74.2 Å². The molecule has 0 saturated heterocycles. The molecule has 0 atom stereocenters. The van der Waals surface area contributed by atoms with Crippen molar-refractivity contribution < 1.29 is 18.0 Å². The second-order valence-corrected chi connectivity index (χ2v) is 11.2. The fraction of sp³-hybridized carbons (Fsp3) is 0.370. The SMILES string of the molecule is CC(C)(C)ON(C=O)Cc1ccc(CCCNCCNS(=O)(=O)c2ccc3ccccc3c2)cc1. The number of carbonyl (C=O) groups excluding carboxylic acids is 1. The number of hydrogen-bond acceptors (Lipinski definition) is 5. The molecule has 1 amide bonds. The molecular formula is C27H35N3O4S. The number of hydrogen-bond donors (Lipinski definition) is 2. The molecule has 3 aromatic rings. The third-order valence-corrected chi connectivity index (χ3v) is 6.77. The summed E-state index contributed by atoms with van der Waals surface area (Å²) >= 11 is 0. The maximum atomic E-state index is 12.6. The van der Waals surface area contributed by atoms with Gasteiger partial charge in [0, 0.05) is 13.1 Å². The summed E-state index contributed by atoms with van der Waals surface area (Å²) in [4.78, 5) is 17.1. The topological polar surface area (TPSA) is 87.7 Å². The molecule has 2 N–H and O–H groups in total. The third kappa shape index (κ3) is 8.74. The van der Waals surface area contributed by atoms with Crippen LogP contribution < -0.4 is 10.0 Å². The summed E-state index contributed by atoms with van der Waals surface area (Å²) in [6.07, 6.45) is 2.54. The van der Waals surface area contributed by atoms with Crippen LogP contribution in [-0.4, -0.2) is 45.1 Å². The Morgan fingerprint density at radius 3 is 2.26 bits per heavy atom. The van der Waals surface area contributed by atoms with Gasteiger partial charge in [0.15, 0.2) is 0 Å². The second kappa shape index (κ2) is 12.3. The maximum absolute atomic E-state index is 12.6. The molecule has 0 aliphatic rings. The summed E-state index contributed by atoms with van der Waals surface area (Å²) in [6.45, 7) is 7.78. The minimum atomic E-state index is -3.54. The zero-order valence-corrected chi connectivity index (χ0v) is 21.5. The van der Waals surface area contributed by atoms with E-state index in [0.717, 1.165) is 35.7 Å². The van der Waals surface area contributed by atoms with Crippen molar-refractivity contribution >= 4 is 27.2 Å². The van der Waals surface area contributed by atoms with Gasteiger partial charge in [-0.3, -0.25) is 9.63 Å². The molecule has 0 aliphatic carbocycles. The quantitative estimate of drug-likeness (QED) is 0.212. The number of sulfonamides is 1. The Balaban J connectivity index is 1.35. The van der Waals surface area contributed by atoms with E-state index in [9.17, 15) is 13.2 Å². The molecule has 0 heterocycles. The standard InChI is InChI=1S/C27H35N3O4S/c1-27(2,3)34-30(21-31)20-23-12-10-22(11-13-23)7-6-16-28-17-18-29-35(32,33)26-15-14-24-8-4-5-9-25(24)19-26/h4-5,8-15,19,21,28-29H,6-7,16-18,20H2,1-3H3. The fourth-order valence-electron chi connectivity index (χ4n) is 3.67. The van der Waals surface area contributed by atoms with Gasteiger partial charge in [-0.15, -0.1) is 0 Å². The number of aryl methyl sites for hydroxylation is 1. The van der Waals surface area contributed by atoms with Gasteiger partial charge in [0.05, 0.1) is 17.0 Å². The number of nitrogens with zero attached hydrogens (tertiary/aromatic N) is 1. The lowest BCUT2D eigenvalue weighted by Gasteiger charge is -2.26. The Kier molecular flexibility index (Phi) is 9.40. The largest absolute Gasteiger partial charge is 0.315 e. The Hall–Kier alpha value is -2.78. The van der Waals surface area contributed by atoms with E-state index < -0.39 is 15.6 Å². The van der Waals surface area contributed by atoms with Crippen LogP contribution in [-0.2, 0) is 32.6 Å². The summed E-state index contributed by atoms with van der Waals surface area (Å²) in [5, 5.41) is 6.52. The molecular weight excluding hydrogens is 462 g/mol. The van der Waals surface area contributed by atoms with Gasteiger partial charge >= 0.3 is 0 Å². The van der Waals surface area contributed by atoms with E-state index >= 15 is 0 Å². The first-order valence-corrected chi connectivity index (χ1v) is 13.3. The van der Waals surface area contributed by atoms with Crippen LogP contribution in [0.3, 0.4) is 0 Å². The lowest BCUT2D eigenvalue weighted by Crippen LogP contribution is -2.32. The van der Waals surface area contributed by atoms with Crippen molar-refractivity contribution in [3.8, 4) is 0 Å². The summed E-state index contributed by atoms with van der Waals surface area (Å²) in [5.74, 6) is 0. The average molecular weight is 498 g/mol. The number of carbonyl (C=O) groups is 1. The minimum absolute atomic E-state index is 0.279. The van der Waals surface area contributed by atoms with Crippen LogP contribution in [0, 0.1) is 0 Å². The lowest BCUT2D eigenvalue weighted by atomic mass is 10.1. The van der Waals surface area contributed by atoms with E-state index in [4.69, 9.17) is 4.84 Å². The number of fused-ring (bicyclic) bond motifs is 1. The van der Waals surface area contributed by atoms with Gasteiger partial charge in [0.25, 0.3) is 0 Å². The summed E-state index contributed by atoms with van der Waals surface area (Å²) in [7, 11) is -3.54. The van der Waals surface area contributed by atoms with Crippen LogP contribution in [0.1, 0.15) is 38.3 Å². The smallest absolute Gasteiger partial charge is 0.240 e. The highest BCUT2D eigenvalue weighted by atomic mass is 32.2. The highest BCUT2D eigenvalue weighted by Gasteiger charge is 2.16. The molecule has 0 aromatic heterocycles. The fourth-order valence-corrected chi connectivity index (χ4v) is 4.74. The minimum Gasteiger partial charge on any atom is -0.315 e. The monoisotopic (exact) mass is 497 g/mol. The van der Waals surface area contributed by atoms with E-state index in [2.05, 4.69) is 22.2 Å². The van der Waals surface area contributed by atoms with E-state index in [1.54, 1.807) is 12.1 Å². The van der Waals surface area contributed by atoms with Crippen molar-refractivity contribution in [1.29, 1.82) is 0 Å². The predicted molar refractivity (Wildman–Crippen MR) is 139 cm³/mol. The average Bonchev–Trinajstić information content (AvgIpc) is 2.82. The van der Waals surface area contributed by atoms with Gasteiger partial charge in [-0.1, -0.05) is 54.6 Å². The number of hydroxylamine groups is 2. The number of benzene rings is 3. The summed E-state index contributed by atoms with van der Waals surface area (Å²) in [6, 6.07) is 21.0. The van der Waals surface area contributed by atoms with Crippen molar-refractivity contribution in [2.24, 2.45) is 0 Å². The number of amides is 1. The summed E-state index contributed by atoms with van der Waals surface area (Å²) in [5.41, 5.74) is 1.79. The Morgan fingerprint density at radius 1 is 0.886 bits per heavy atom. The Morgan fingerprint density at radius 2 is 1.57 bits per heavy atom. The number of rotatable bonds is 13. The molecule has 7 nitrogen and oxygen atoms in total. The molecule has 8 heteroatoms. The molecule has 0 bridgehead atoms. The van der Waals surface area contributed by atoms with E-state index in [1.807, 2.05) is 63.2 Å². The third-order valence-electron chi connectivity index (χ3n) is 5.31. The van der Waals surface area contributed by atoms with Gasteiger partial charge in [0.2, 0.25) is 16.4 Å². The van der Waals surface area contributed by atoms with Crippen molar-refractivity contribution in [3.05, 3.63) is 77.9 Å². The first kappa shape index (κ1) is 26.8. The Labute approximate surface area is 208 Å². The molecule has 3 rings (SSSR count). The van der Waals surface area contributed by atoms with E-state index in [-0.39, 0.29) is 4.90 Å². The molecule has 0 aliphatic heterocycles. The van der Waals surface area contributed by atoms with Crippen LogP contribution in [0.25, 0.3) is 10.8 Å². The second-order valence-electron chi connectivity index (χ2n) is 9.46. The lowest BCUT2D eigenvalue weighted by molar-refractivity contribution is -0.220. The van der Waals surface area contributed by atoms with Gasteiger partial charge in [-0.2, -0.15) is 0 Å². The molecule has 188 valence electrons. The van der Waals surface area contributed by atoms with Crippen molar-refractivity contribution in [2.75, 3.05) is 19.6 Å². The van der Waals surface area contributed by atoms with Crippen LogP contribution in [0.5, 0.6) is 0 Å². The van der Waals surface area contributed by atoms with Crippen LogP contribution in [0.15, 0.2) is 71.6 Å². The van der Waals surface area contributed by atoms with Crippen LogP contribution in [0.2, 0.25) is 0 Å². The zero-order valence-electron chi connectivity index (χ0n) is 20.7. The molecule has 0 spiro atoms. The maximum Gasteiger partial charge on any atom is 0.240 e. The first-order chi connectivity index (χ1) is 16.7. The molecule has 0 fully saturated rings. The molecule has 3 aromatic carbocycles. The van der Waals surface area contributed by atoms with Crippen LogP contribution >= 0.6 is 0 Å². The van der Waals surface area contributed by atoms with E-state index in [1.165, 1.54) is 10.6 Å². The van der Waals surface area contributed by atoms with Crippen molar-refractivity contribution in [3.63, 3.8) is 0 Å². The van der Waals surface area contributed by atoms with Gasteiger partial charge in [0.1, 0.15) is 0 Å². The first-order valence-electron chi connectivity index (χ1n) is 11.8. The number of nitrogens with one attached hydrogen (secondary N) is 2. The molecule has 0 unspecified atom stereocenters. The van der Waals surface area contributed by atoms with E-state index in [0.29, 0.717) is 26.0 Å². The Bertz CT molecular complexity index is 1210. The zero-order chi connectivity index (χ0) is 25.3. The van der Waals surface area contributed by atoms with Crippen molar-refractivity contribution in [2.45, 2.75) is 50.7 Å². The molecule has 0 saturated carbocycles. The van der Waals surface area contributed by atoms with Gasteiger partial charge in [-0.25, -0.2) is 18.2 Å². The van der Waals surface area contributed by atoms with Crippen LogP contribution in [0.4, 0.5) is 0 Å². The predicted octanol–water partition coefficient (Wildman–Crippen LogP) is 4.03. The normalized spacial score (nSPS) is 12.1. The van der Waals surface area contributed by atoms with Gasteiger partial charge < -0.3 is 5.32 Å². The highest BCUT2D eigenvalue weighted by molar-refractivity contribution is 7.89. The highest BCUT2D eigenvalue weighted by Crippen LogP contribution is 2.18.